The molecular weight excluding hydrogens is 448 g/mol. The van der Waals surface area contributed by atoms with Crippen LogP contribution in [0.15, 0.2) is 34.7 Å². The molecule has 0 bridgehead atoms. The number of nitrogens with zero attached hydrogens (tertiary/aromatic N) is 5. The van der Waals surface area contributed by atoms with Crippen molar-refractivity contribution >= 4 is 39.8 Å². The van der Waals surface area contributed by atoms with Crippen LogP contribution in [0.1, 0.15) is 18.0 Å². The molecule has 1 aliphatic rings. The molecule has 1 saturated heterocycles. The van der Waals surface area contributed by atoms with Crippen molar-refractivity contribution in [3.8, 4) is 17.5 Å². The molecule has 2 aromatic heterocycles. The van der Waals surface area contributed by atoms with Gasteiger partial charge in [0.2, 0.25) is 0 Å². The molecule has 1 aromatic carbocycles. The maximum atomic E-state index is 10.7. The van der Waals surface area contributed by atoms with Crippen LogP contribution >= 0.6 is 34.7 Å². The van der Waals surface area contributed by atoms with Crippen molar-refractivity contribution in [2.24, 2.45) is 0 Å². The Balaban J connectivity index is 1.55. The monoisotopic (exact) mass is 464 g/mol. The van der Waals surface area contributed by atoms with E-state index in [0.29, 0.717) is 33.5 Å². The molecule has 3 aromatic rings. The largest absolute Gasteiger partial charge is 0.394 e. The lowest BCUT2D eigenvalue weighted by atomic mass is 10.00. The summed E-state index contributed by atoms with van der Waals surface area (Å²) in [4.78, 5) is 5.01. The first kappa shape index (κ1) is 21.0. The van der Waals surface area contributed by atoms with Crippen molar-refractivity contribution in [3.63, 3.8) is 0 Å². The number of aliphatic hydroxyl groups excluding tert-OH is 2. The number of anilines is 1. The van der Waals surface area contributed by atoms with E-state index in [9.17, 15) is 10.2 Å². The van der Waals surface area contributed by atoms with Crippen molar-refractivity contribution in [1.82, 2.24) is 20.0 Å². The Morgan fingerprint density at radius 2 is 2.27 bits per heavy atom. The molecule has 0 spiro atoms. The van der Waals surface area contributed by atoms with E-state index in [1.165, 1.54) is 23.1 Å². The number of hydrogen-bond acceptors (Lipinski definition) is 10. The highest BCUT2D eigenvalue weighted by atomic mass is 35.5. The summed E-state index contributed by atoms with van der Waals surface area (Å²) in [7, 11) is 0. The average molecular weight is 465 g/mol. The van der Waals surface area contributed by atoms with Crippen molar-refractivity contribution in [2.45, 2.75) is 35.0 Å². The maximum Gasteiger partial charge on any atom is 0.180 e. The van der Waals surface area contributed by atoms with Gasteiger partial charge in [-0.05, 0) is 18.2 Å². The van der Waals surface area contributed by atoms with E-state index in [1.54, 1.807) is 34.5 Å². The highest BCUT2D eigenvalue weighted by Gasteiger charge is 2.39. The van der Waals surface area contributed by atoms with Crippen LogP contribution < -0.4 is 5.73 Å². The van der Waals surface area contributed by atoms with E-state index in [-0.39, 0.29) is 12.0 Å². The first-order chi connectivity index (χ1) is 14.5. The molecular formula is C18H17ClN6O3S2. The molecule has 1 fully saturated rings. The average Bonchev–Trinajstić information content (AvgIpc) is 3.38. The third-order valence-corrected chi connectivity index (χ3v) is 6.76. The van der Waals surface area contributed by atoms with Crippen LogP contribution in [-0.4, -0.2) is 54.4 Å². The molecule has 0 saturated carbocycles. The van der Waals surface area contributed by atoms with Crippen LogP contribution in [-0.2, 0) is 4.74 Å². The minimum Gasteiger partial charge on any atom is -0.394 e. The number of rotatable bonds is 5. The molecule has 1 aliphatic heterocycles. The zero-order valence-electron chi connectivity index (χ0n) is 15.4. The Labute approximate surface area is 185 Å². The first-order valence-electron chi connectivity index (χ1n) is 8.92. The minimum atomic E-state index is -0.966. The first-order valence-corrected chi connectivity index (χ1v) is 11.1. The quantitative estimate of drug-likeness (QED) is 0.518. The van der Waals surface area contributed by atoms with E-state index >= 15 is 0 Å². The number of aromatic nitrogens is 4. The Bertz CT molecular complexity index is 1080. The molecule has 3 heterocycles. The van der Waals surface area contributed by atoms with Crippen molar-refractivity contribution in [3.05, 3.63) is 40.4 Å². The highest BCUT2D eigenvalue weighted by molar-refractivity contribution is 7.99. The van der Waals surface area contributed by atoms with Gasteiger partial charge in [0.1, 0.15) is 35.1 Å². The van der Waals surface area contributed by atoms with Crippen molar-refractivity contribution < 1.29 is 14.9 Å². The number of nitrogen functional groups attached to an aromatic ring is 1. The number of nitriles is 1. The third-order valence-electron chi connectivity index (χ3n) is 4.68. The van der Waals surface area contributed by atoms with Gasteiger partial charge in [-0.2, -0.15) is 5.26 Å². The molecule has 1 unspecified atom stereocenters. The third kappa shape index (κ3) is 4.29. The standard InChI is InChI=1S/C18H17ClN6O3S2/c19-11-3-10(2-1-9(11)5-20)30-16-4-14(17(27)15(7-26)28-16)25-6-12(23-24-25)13-8-29-18(21)22-13/h1-3,6,8,14-17,26-27H,4,7H2,(H2,21,22)/t14-,15?,16-,17-/m1/s1. The lowest BCUT2D eigenvalue weighted by molar-refractivity contribution is -0.130. The minimum absolute atomic E-state index is 0.340. The molecule has 4 rings (SSSR count). The number of thioether (sulfide) groups is 1. The molecule has 4 N–H and O–H groups in total. The summed E-state index contributed by atoms with van der Waals surface area (Å²) in [6.07, 6.45) is 0.369. The van der Waals surface area contributed by atoms with Gasteiger partial charge in [-0.3, -0.25) is 0 Å². The highest BCUT2D eigenvalue weighted by Crippen LogP contribution is 2.38. The molecule has 30 heavy (non-hydrogen) atoms. The summed E-state index contributed by atoms with van der Waals surface area (Å²) in [5.74, 6) is 0. The number of hydrogen-bond donors (Lipinski definition) is 3. The zero-order chi connectivity index (χ0) is 21.3. The second-order valence-electron chi connectivity index (χ2n) is 6.61. The fourth-order valence-corrected chi connectivity index (χ4v) is 5.15. The Morgan fingerprint density at radius 1 is 1.43 bits per heavy atom. The summed E-state index contributed by atoms with van der Waals surface area (Å²) >= 11 is 8.82. The topological polar surface area (TPSA) is 143 Å². The van der Waals surface area contributed by atoms with Gasteiger partial charge in [0.05, 0.1) is 29.4 Å². The number of nitrogens with two attached hydrogens (primary N) is 1. The van der Waals surface area contributed by atoms with Gasteiger partial charge in [-0.25, -0.2) is 9.67 Å². The Hall–Kier alpha value is -2.20. The van der Waals surface area contributed by atoms with Gasteiger partial charge in [-0.15, -0.1) is 16.4 Å². The van der Waals surface area contributed by atoms with Gasteiger partial charge >= 0.3 is 0 Å². The zero-order valence-corrected chi connectivity index (χ0v) is 17.8. The van der Waals surface area contributed by atoms with Gasteiger partial charge in [0.15, 0.2) is 5.13 Å². The van der Waals surface area contributed by atoms with Crippen LogP contribution in [0.3, 0.4) is 0 Å². The summed E-state index contributed by atoms with van der Waals surface area (Å²) in [5.41, 5.74) is 6.86. The molecule has 9 nitrogen and oxygen atoms in total. The van der Waals surface area contributed by atoms with E-state index in [0.717, 1.165) is 4.90 Å². The SMILES string of the molecule is N#Cc1ccc(S[C@@H]2C[C@@H](n3cc(-c4csc(N)n4)nn3)[C@@H](O)C(CO)O2)cc1Cl. The molecule has 4 atom stereocenters. The second kappa shape index (κ2) is 8.89. The molecule has 0 amide bonds. The van der Waals surface area contributed by atoms with Crippen LogP contribution in [0.25, 0.3) is 11.4 Å². The number of halogens is 1. The molecule has 12 heteroatoms. The van der Waals surface area contributed by atoms with E-state index in [1.807, 2.05) is 6.07 Å². The van der Waals surface area contributed by atoms with Crippen LogP contribution in [0.2, 0.25) is 5.02 Å². The molecule has 0 radical (unpaired) electrons. The summed E-state index contributed by atoms with van der Waals surface area (Å²) in [5, 5.41) is 40.3. The summed E-state index contributed by atoms with van der Waals surface area (Å²) < 4.78 is 7.43. The lowest BCUT2D eigenvalue weighted by Gasteiger charge is -2.38. The van der Waals surface area contributed by atoms with E-state index in [2.05, 4.69) is 15.3 Å². The van der Waals surface area contributed by atoms with Gasteiger partial charge in [0, 0.05) is 16.7 Å². The Kier molecular flexibility index (Phi) is 6.24. The second-order valence-corrected chi connectivity index (χ2v) is 9.14. The number of benzene rings is 1. The molecule has 156 valence electrons. The van der Waals surface area contributed by atoms with Gasteiger partial charge < -0.3 is 20.7 Å². The van der Waals surface area contributed by atoms with Crippen LogP contribution in [0, 0.1) is 11.3 Å². The fraction of sp³-hybridized carbons (Fsp3) is 0.333. The van der Waals surface area contributed by atoms with Crippen molar-refractivity contribution in [1.29, 1.82) is 5.26 Å². The lowest BCUT2D eigenvalue weighted by Crippen LogP contribution is -2.47. The summed E-state index contributed by atoms with van der Waals surface area (Å²) in [6.45, 7) is -0.340. The normalized spacial score (nSPS) is 23.9. The van der Waals surface area contributed by atoms with Gasteiger partial charge in [0.25, 0.3) is 0 Å². The molecule has 0 aliphatic carbocycles. The van der Waals surface area contributed by atoms with E-state index in [4.69, 9.17) is 27.3 Å². The summed E-state index contributed by atoms with van der Waals surface area (Å²) in [6, 6.07) is 6.69. The predicted octanol–water partition coefficient (Wildman–Crippen LogP) is 2.31. The predicted molar refractivity (Wildman–Crippen MR) is 113 cm³/mol. The maximum absolute atomic E-state index is 10.7. The number of ether oxygens (including phenoxy) is 1. The smallest absolute Gasteiger partial charge is 0.180 e. The number of aliphatic hydroxyl groups is 2. The Morgan fingerprint density at radius 3 is 2.93 bits per heavy atom. The van der Waals surface area contributed by atoms with Gasteiger partial charge in [-0.1, -0.05) is 28.6 Å². The van der Waals surface area contributed by atoms with Crippen LogP contribution in [0.4, 0.5) is 5.13 Å². The van der Waals surface area contributed by atoms with Crippen LogP contribution in [0.5, 0.6) is 0 Å². The van der Waals surface area contributed by atoms with E-state index < -0.39 is 18.2 Å². The number of thiazole rings is 1. The van der Waals surface area contributed by atoms with Crippen molar-refractivity contribution in [2.75, 3.05) is 12.3 Å². The fourth-order valence-electron chi connectivity index (χ4n) is 3.18.